The molecular formula is C20H26O4. The van der Waals surface area contributed by atoms with E-state index in [2.05, 4.69) is 0 Å². The predicted molar refractivity (Wildman–Crippen MR) is 92.1 cm³/mol. The van der Waals surface area contributed by atoms with Gasteiger partial charge < -0.3 is 4.74 Å². The normalized spacial score (nSPS) is 16.4. The lowest BCUT2D eigenvalue weighted by Crippen LogP contribution is -2.32. The van der Waals surface area contributed by atoms with Crippen molar-refractivity contribution in [1.29, 1.82) is 0 Å². The van der Waals surface area contributed by atoms with Gasteiger partial charge in [0.15, 0.2) is 0 Å². The monoisotopic (exact) mass is 330 g/mol. The lowest BCUT2D eigenvalue weighted by atomic mass is 9.77. The van der Waals surface area contributed by atoms with Crippen LogP contribution in [0.15, 0.2) is 24.3 Å². The zero-order valence-corrected chi connectivity index (χ0v) is 14.6. The number of carbonyl (C=O) groups is 3. The number of ether oxygens (including phenoxy) is 1. The van der Waals surface area contributed by atoms with E-state index in [1.54, 1.807) is 7.11 Å². The molecule has 4 heteroatoms. The van der Waals surface area contributed by atoms with Crippen LogP contribution < -0.4 is 4.74 Å². The third-order valence-corrected chi connectivity index (χ3v) is 5.14. The molecule has 1 fully saturated rings. The molecule has 1 saturated carbocycles. The number of hydrogen-bond donors (Lipinski definition) is 0. The highest BCUT2D eigenvalue weighted by Gasteiger charge is 2.47. The fraction of sp³-hybridized carbons (Fsp3) is 0.550. The van der Waals surface area contributed by atoms with E-state index >= 15 is 0 Å². The minimum absolute atomic E-state index is 0.0270. The van der Waals surface area contributed by atoms with Crippen molar-refractivity contribution in [2.24, 2.45) is 5.41 Å². The Kier molecular flexibility index (Phi) is 6.29. The Balaban J connectivity index is 1.79. The second-order valence-electron chi connectivity index (χ2n) is 6.53. The van der Waals surface area contributed by atoms with Crippen molar-refractivity contribution in [2.45, 2.75) is 58.3 Å². The van der Waals surface area contributed by atoms with Crippen LogP contribution in [0.4, 0.5) is 0 Å². The number of benzene rings is 1. The van der Waals surface area contributed by atoms with Gasteiger partial charge in [-0.1, -0.05) is 19.1 Å². The molecule has 0 aliphatic heterocycles. The van der Waals surface area contributed by atoms with Gasteiger partial charge in [-0.15, -0.1) is 0 Å². The minimum Gasteiger partial charge on any atom is -0.497 e. The molecule has 0 spiro atoms. The van der Waals surface area contributed by atoms with Gasteiger partial charge in [0.2, 0.25) is 0 Å². The first-order valence-electron chi connectivity index (χ1n) is 8.73. The molecule has 2 rings (SSSR count). The van der Waals surface area contributed by atoms with Gasteiger partial charge in [0.05, 0.1) is 12.5 Å². The SMILES string of the molecule is CCC1(CCC(=O)CCCc2cccc(OC)c2)C(=O)CCC1=O. The topological polar surface area (TPSA) is 60.4 Å². The first kappa shape index (κ1) is 18.4. The molecule has 0 atom stereocenters. The summed E-state index contributed by atoms with van der Waals surface area (Å²) in [7, 11) is 1.64. The summed E-state index contributed by atoms with van der Waals surface area (Å²) in [5, 5.41) is 0. The molecule has 1 aromatic carbocycles. The predicted octanol–water partition coefficient (Wildman–Crippen LogP) is 3.70. The van der Waals surface area contributed by atoms with E-state index < -0.39 is 5.41 Å². The van der Waals surface area contributed by atoms with Gasteiger partial charge in [-0.3, -0.25) is 14.4 Å². The number of methoxy groups -OCH3 is 1. The molecule has 0 saturated heterocycles. The van der Waals surface area contributed by atoms with E-state index in [0.717, 1.165) is 24.2 Å². The fourth-order valence-electron chi connectivity index (χ4n) is 3.51. The van der Waals surface area contributed by atoms with Crippen molar-refractivity contribution in [3.63, 3.8) is 0 Å². The minimum atomic E-state index is -0.873. The van der Waals surface area contributed by atoms with Crippen molar-refractivity contribution in [3.05, 3.63) is 29.8 Å². The summed E-state index contributed by atoms with van der Waals surface area (Å²) in [4.78, 5) is 36.3. The standard InChI is InChI=1S/C20H26O4/c1-3-20(18(22)10-11-19(20)23)13-12-16(21)8-4-6-15-7-5-9-17(14-15)24-2/h5,7,9,14H,3-4,6,8,10-13H2,1-2H3. The van der Waals surface area contributed by atoms with E-state index in [1.807, 2.05) is 31.2 Å². The molecule has 1 aliphatic rings. The van der Waals surface area contributed by atoms with Crippen LogP contribution in [0.2, 0.25) is 0 Å². The number of ketones is 3. The van der Waals surface area contributed by atoms with Crippen LogP contribution in [-0.4, -0.2) is 24.5 Å². The van der Waals surface area contributed by atoms with Crippen LogP contribution in [0, 0.1) is 5.41 Å². The Morgan fingerprint density at radius 3 is 2.50 bits per heavy atom. The van der Waals surface area contributed by atoms with E-state index in [9.17, 15) is 14.4 Å². The molecule has 0 unspecified atom stereocenters. The molecule has 24 heavy (non-hydrogen) atoms. The number of carbonyl (C=O) groups excluding carboxylic acids is 3. The molecule has 0 N–H and O–H groups in total. The number of hydrogen-bond acceptors (Lipinski definition) is 4. The first-order chi connectivity index (χ1) is 11.5. The van der Waals surface area contributed by atoms with E-state index in [-0.39, 0.29) is 17.3 Å². The summed E-state index contributed by atoms with van der Waals surface area (Å²) in [6.45, 7) is 1.87. The molecule has 1 aromatic rings. The van der Waals surface area contributed by atoms with E-state index in [0.29, 0.717) is 38.5 Å². The lowest BCUT2D eigenvalue weighted by molar-refractivity contribution is -0.136. The van der Waals surface area contributed by atoms with Crippen molar-refractivity contribution < 1.29 is 19.1 Å². The summed E-state index contributed by atoms with van der Waals surface area (Å²) < 4.78 is 5.19. The summed E-state index contributed by atoms with van der Waals surface area (Å²) in [6.07, 6.45) is 3.99. The van der Waals surface area contributed by atoms with Crippen LogP contribution in [0.1, 0.15) is 57.4 Å². The Hall–Kier alpha value is -1.97. The van der Waals surface area contributed by atoms with Crippen molar-refractivity contribution >= 4 is 17.3 Å². The smallest absolute Gasteiger partial charge is 0.146 e. The Morgan fingerprint density at radius 1 is 1.17 bits per heavy atom. The first-order valence-corrected chi connectivity index (χ1v) is 8.73. The Bertz CT molecular complexity index is 602. The van der Waals surface area contributed by atoms with Gasteiger partial charge in [0.25, 0.3) is 0 Å². The molecule has 0 radical (unpaired) electrons. The van der Waals surface area contributed by atoms with Crippen LogP contribution in [0.25, 0.3) is 0 Å². The van der Waals surface area contributed by atoms with Crippen LogP contribution in [0.3, 0.4) is 0 Å². The van der Waals surface area contributed by atoms with Crippen LogP contribution in [-0.2, 0) is 20.8 Å². The fourth-order valence-corrected chi connectivity index (χ4v) is 3.51. The summed E-state index contributed by atoms with van der Waals surface area (Å²) in [5.41, 5.74) is 0.274. The van der Waals surface area contributed by atoms with Crippen LogP contribution in [0.5, 0.6) is 5.75 Å². The Labute approximate surface area is 143 Å². The highest BCUT2D eigenvalue weighted by atomic mass is 16.5. The third-order valence-electron chi connectivity index (χ3n) is 5.14. The molecule has 0 amide bonds. The zero-order chi connectivity index (χ0) is 17.6. The average molecular weight is 330 g/mol. The largest absolute Gasteiger partial charge is 0.497 e. The molecule has 0 heterocycles. The third kappa shape index (κ3) is 4.11. The maximum atomic E-state index is 12.1. The summed E-state index contributed by atoms with van der Waals surface area (Å²) in [6, 6.07) is 7.84. The quantitative estimate of drug-likeness (QED) is 0.648. The molecule has 0 aromatic heterocycles. The van der Waals surface area contributed by atoms with Gasteiger partial charge in [-0.2, -0.15) is 0 Å². The van der Waals surface area contributed by atoms with Gasteiger partial charge in [-0.25, -0.2) is 0 Å². The van der Waals surface area contributed by atoms with Gasteiger partial charge in [-0.05, 0) is 43.4 Å². The Morgan fingerprint density at radius 2 is 1.88 bits per heavy atom. The number of Topliss-reactive ketones (excluding diaryl/α,β-unsaturated/α-hetero) is 3. The second kappa shape index (κ2) is 8.22. The number of aryl methyl sites for hydroxylation is 1. The molecule has 130 valence electrons. The van der Waals surface area contributed by atoms with Crippen molar-refractivity contribution in [1.82, 2.24) is 0 Å². The van der Waals surface area contributed by atoms with Crippen molar-refractivity contribution in [3.8, 4) is 5.75 Å². The molecule has 0 bridgehead atoms. The molecule has 4 nitrogen and oxygen atoms in total. The summed E-state index contributed by atoms with van der Waals surface area (Å²) >= 11 is 0. The average Bonchev–Trinajstić information content (AvgIpc) is 2.88. The molecule has 1 aliphatic carbocycles. The second-order valence-corrected chi connectivity index (χ2v) is 6.53. The maximum Gasteiger partial charge on any atom is 0.146 e. The van der Waals surface area contributed by atoms with Crippen LogP contribution >= 0.6 is 0 Å². The summed E-state index contributed by atoms with van der Waals surface area (Å²) in [5.74, 6) is 1.01. The molecular weight excluding hydrogens is 304 g/mol. The van der Waals surface area contributed by atoms with E-state index in [1.165, 1.54) is 0 Å². The van der Waals surface area contributed by atoms with Gasteiger partial charge >= 0.3 is 0 Å². The zero-order valence-electron chi connectivity index (χ0n) is 14.6. The van der Waals surface area contributed by atoms with E-state index in [4.69, 9.17) is 4.74 Å². The van der Waals surface area contributed by atoms with Gasteiger partial charge in [0, 0.05) is 25.7 Å². The maximum absolute atomic E-state index is 12.1. The number of rotatable bonds is 9. The van der Waals surface area contributed by atoms with Crippen molar-refractivity contribution in [2.75, 3.05) is 7.11 Å². The highest BCUT2D eigenvalue weighted by molar-refractivity contribution is 6.13. The van der Waals surface area contributed by atoms with Gasteiger partial charge in [0.1, 0.15) is 23.1 Å². The lowest BCUT2D eigenvalue weighted by Gasteiger charge is -2.23. The highest BCUT2D eigenvalue weighted by Crippen LogP contribution is 2.39.